The van der Waals surface area contributed by atoms with Crippen molar-refractivity contribution in [3.63, 3.8) is 0 Å². The first kappa shape index (κ1) is 16.0. The lowest BCUT2D eigenvalue weighted by Gasteiger charge is -2.18. The van der Waals surface area contributed by atoms with Crippen molar-refractivity contribution >= 4 is 15.9 Å². The first-order valence-corrected chi connectivity index (χ1v) is 6.97. The molecule has 0 aliphatic rings. The summed E-state index contributed by atoms with van der Waals surface area (Å²) in [5.41, 5.74) is 0.306. The van der Waals surface area contributed by atoms with E-state index in [1.54, 1.807) is 7.05 Å². The van der Waals surface area contributed by atoms with Gasteiger partial charge in [0.05, 0.1) is 0 Å². The van der Waals surface area contributed by atoms with Gasteiger partial charge in [0.25, 0.3) is 0 Å². The van der Waals surface area contributed by atoms with Crippen LogP contribution in [0, 0.1) is 23.3 Å². The van der Waals surface area contributed by atoms with Crippen LogP contribution in [-0.2, 0) is 6.42 Å². The molecular formula is C15H12BrF4N. The Morgan fingerprint density at radius 3 is 2.10 bits per heavy atom. The highest BCUT2D eigenvalue weighted by molar-refractivity contribution is 9.10. The SMILES string of the molecule is CNC(Cc1ccc(F)c(F)c1)c1c(F)cc(Br)cc1F. The fraction of sp³-hybridized carbons (Fsp3) is 0.200. The van der Waals surface area contributed by atoms with Crippen LogP contribution in [0.4, 0.5) is 17.6 Å². The summed E-state index contributed by atoms with van der Waals surface area (Å²) in [5, 5.41) is 2.79. The molecule has 21 heavy (non-hydrogen) atoms. The van der Waals surface area contributed by atoms with Crippen molar-refractivity contribution in [3.05, 3.63) is 69.2 Å². The maximum absolute atomic E-state index is 14.0. The monoisotopic (exact) mass is 361 g/mol. The van der Waals surface area contributed by atoms with Crippen molar-refractivity contribution in [2.45, 2.75) is 12.5 Å². The fourth-order valence-corrected chi connectivity index (χ4v) is 2.54. The molecule has 0 heterocycles. The van der Waals surface area contributed by atoms with Gasteiger partial charge < -0.3 is 5.32 Å². The molecule has 0 aromatic heterocycles. The highest BCUT2D eigenvalue weighted by atomic mass is 79.9. The van der Waals surface area contributed by atoms with Crippen LogP contribution in [0.25, 0.3) is 0 Å². The van der Waals surface area contributed by atoms with Crippen LogP contribution in [0.5, 0.6) is 0 Å². The van der Waals surface area contributed by atoms with Gasteiger partial charge in [-0.25, -0.2) is 17.6 Å². The third-order valence-electron chi connectivity index (χ3n) is 3.16. The predicted octanol–water partition coefficient (Wildman–Crippen LogP) is 4.51. The fourth-order valence-electron chi connectivity index (χ4n) is 2.14. The Bertz CT molecular complexity index is 637. The standard InChI is InChI=1S/C15H12BrF4N/c1-21-14(5-8-2-3-10(17)11(18)4-8)15-12(19)6-9(16)7-13(15)20/h2-4,6-7,14,21H,5H2,1H3. The van der Waals surface area contributed by atoms with Crippen LogP contribution < -0.4 is 5.32 Å². The number of hydrogen-bond acceptors (Lipinski definition) is 1. The quantitative estimate of drug-likeness (QED) is 0.790. The van der Waals surface area contributed by atoms with E-state index in [4.69, 9.17) is 0 Å². The second-order valence-electron chi connectivity index (χ2n) is 4.58. The summed E-state index contributed by atoms with van der Waals surface area (Å²) in [6.45, 7) is 0. The van der Waals surface area contributed by atoms with Crippen LogP contribution in [0.1, 0.15) is 17.2 Å². The van der Waals surface area contributed by atoms with Gasteiger partial charge in [-0.2, -0.15) is 0 Å². The molecule has 0 aliphatic heterocycles. The molecule has 1 unspecified atom stereocenters. The van der Waals surface area contributed by atoms with Gasteiger partial charge in [-0.15, -0.1) is 0 Å². The molecule has 0 aliphatic carbocycles. The molecule has 2 aromatic rings. The van der Waals surface area contributed by atoms with E-state index in [1.807, 2.05) is 0 Å². The van der Waals surface area contributed by atoms with Crippen molar-refractivity contribution in [2.75, 3.05) is 7.05 Å². The second-order valence-corrected chi connectivity index (χ2v) is 5.49. The lowest BCUT2D eigenvalue weighted by molar-refractivity contribution is 0.483. The lowest BCUT2D eigenvalue weighted by Crippen LogP contribution is -2.21. The van der Waals surface area contributed by atoms with Gasteiger partial charge >= 0.3 is 0 Å². The van der Waals surface area contributed by atoms with Gasteiger partial charge in [-0.05, 0) is 43.3 Å². The third-order valence-corrected chi connectivity index (χ3v) is 3.62. The van der Waals surface area contributed by atoms with Crippen LogP contribution in [-0.4, -0.2) is 7.05 Å². The number of likely N-dealkylation sites (N-methyl/N-ethyl adjacent to an activating group) is 1. The Kier molecular flexibility index (Phi) is 5.00. The highest BCUT2D eigenvalue weighted by Gasteiger charge is 2.20. The number of nitrogens with one attached hydrogen (secondary N) is 1. The molecule has 0 saturated heterocycles. The Labute approximate surface area is 128 Å². The van der Waals surface area contributed by atoms with Gasteiger partial charge in [0.15, 0.2) is 11.6 Å². The molecule has 1 atom stereocenters. The summed E-state index contributed by atoms with van der Waals surface area (Å²) in [6.07, 6.45) is 0.128. The van der Waals surface area contributed by atoms with Crippen molar-refractivity contribution < 1.29 is 17.6 Å². The Balaban J connectivity index is 2.34. The largest absolute Gasteiger partial charge is 0.313 e. The Morgan fingerprint density at radius 2 is 1.57 bits per heavy atom. The molecule has 1 nitrogen and oxygen atoms in total. The van der Waals surface area contributed by atoms with E-state index in [2.05, 4.69) is 21.2 Å². The summed E-state index contributed by atoms with van der Waals surface area (Å²) in [7, 11) is 1.55. The summed E-state index contributed by atoms with van der Waals surface area (Å²) < 4.78 is 54.3. The average molecular weight is 362 g/mol. The van der Waals surface area contributed by atoms with Crippen molar-refractivity contribution in [2.24, 2.45) is 0 Å². The van der Waals surface area contributed by atoms with E-state index in [-0.39, 0.29) is 12.0 Å². The molecule has 6 heteroatoms. The van der Waals surface area contributed by atoms with E-state index in [1.165, 1.54) is 6.07 Å². The molecule has 0 saturated carbocycles. The van der Waals surface area contributed by atoms with Crippen LogP contribution in [0.3, 0.4) is 0 Å². The first-order chi connectivity index (χ1) is 9.92. The minimum absolute atomic E-state index is 0.128. The molecule has 0 bridgehead atoms. The molecule has 0 amide bonds. The average Bonchev–Trinajstić information content (AvgIpc) is 2.40. The topological polar surface area (TPSA) is 12.0 Å². The van der Waals surface area contributed by atoms with E-state index in [0.717, 1.165) is 24.3 Å². The van der Waals surface area contributed by atoms with Gasteiger partial charge in [0, 0.05) is 16.1 Å². The smallest absolute Gasteiger partial charge is 0.159 e. The van der Waals surface area contributed by atoms with Gasteiger partial charge in [-0.1, -0.05) is 22.0 Å². The zero-order valence-corrected chi connectivity index (χ0v) is 12.6. The summed E-state index contributed by atoms with van der Waals surface area (Å²) >= 11 is 3.01. The zero-order chi connectivity index (χ0) is 15.6. The van der Waals surface area contributed by atoms with Crippen LogP contribution in [0.15, 0.2) is 34.8 Å². The van der Waals surface area contributed by atoms with Gasteiger partial charge in [-0.3, -0.25) is 0 Å². The van der Waals surface area contributed by atoms with Crippen LogP contribution in [0.2, 0.25) is 0 Å². The molecule has 0 radical (unpaired) electrons. The molecule has 0 spiro atoms. The van der Waals surface area contributed by atoms with Gasteiger partial charge in [0.1, 0.15) is 11.6 Å². The van der Waals surface area contributed by atoms with E-state index in [0.29, 0.717) is 10.0 Å². The highest BCUT2D eigenvalue weighted by Crippen LogP contribution is 2.27. The number of halogens is 5. The van der Waals surface area contributed by atoms with Crippen LogP contribution >= 0.6 is 15.9 Å². The molecule has 0 fully saturated rings. The molecule has 1 N–H and O–H groups in total. The summed E-state index contributed by atoms with van der Waals surface area (Å²) in [5.74, 6) is -3.35. The predicted molar refractivity (Wildman–Crippen MR) is 75.9 cm³/mol. The van der Waals surface area contributed by atoms with Crippen molar-refractivity contribution in [1.82, 2.24) is 5.32 Å². The number of benzene rings is 2. The maximum Gasteiger partial charge on any atom is 0.159 e. The lowest BCUT2D eigenvalue weighted by atomic mass is 9.98. The van der Waals surface area contributed by atoms with Gasteiger partial charge in [0.2, 0.25) is 0 Å². The Hall–Kier alpha value is -1.40. The summed E-state index contributed by atoms with van der Waals surface area (Å²) in [6, 6.07) is 5.03. The Morgan fingerprint density at radius 1 is 0.952 bits per heavy atom. The summed E-state index contributed by atoms with van der Waals surface area (Å²) in [4.78, 5) is 0. The molecule has 2 aromatic carbocycles. The van der Waals surface area contributed by atoms with E-state index in [9.17, 15) is 17.6 Å². The number of rotatable bonds is 4. The van der Waals surface area contributed by atoms with Crippen molar-refractivity contribution in [1.29, 1.82) is 0 Å². The maximum atomic E-state index is 14.0. The number of hydrogen-bond donors (Lipinski definition) is 1. The van der Waals surface area contributed by atoms with Crippen molar-refractivity contribution in [3.8, 4) is 0 Å². The van der Waals surface area contributed by atoms with E-state index >= 15 is 0 Å². The zero-order valence-electron chi connectivity index (χ0n) is 11.1. The first-order valence-electron chi connectivity index (χ1n) is 6.18. The minimum Gasteiger partial charge on any atom is -0.313 e. The molecule has 112 valence electrons. The normalized spacial score (nSPS) is 12.5. The molecular weight excluding hydrogens is 350 g/mol. The molecule has 2 rings (SSSR count). The minimum atomic E-state index is -0.987. The third kappa shape index (κ3) is 3.63. The van der Waals surface area contributed by atoms with E-state index < -0.39 is 29.3 Å². The second kappa shape index (κ2) is 6.58.